The van der Waals surface area contributed by atoms with Crippen LogP contribution in [0, 0.1) is 13.8 Å². The molecule has 0 aliphatic heterocycles. The molecule has 6 heterocycles. The highest BCUT2D eigenvalue weighted by atomic mass is 14.9. The lowest BCUT2D eigenvalue weighted by atomic mass is 9.64. The van der Waals surface area contributed by atoms with Crippen LogP contribution >= 0.6 is 0 Å². The van der Waals surface area contributed by atoms with Gasteiger partial charge in [-0.25, -0.2) is 0 Å². The predicted octanol–water partition coefficient (Wildman–Crippen LogP) is 9.47. The first kappa shape index (κ1) is 24.7. The Balaban J connectivity index is 1.43. The second kappa shape index (κ2) is 8.67. The van der Waals surface area contributed by atoms with E-state index in [0.29, 0.717) is 0 Å². The largest absolute Gasteiger partial charge is 0.315 e. The van der Waals surface area contributed by atoms with Gasteiger partial charge >= 0.3 is 0 Å². The van der Waals surface area contributed by atoms with E-state index in [1.807, 2.05) is 24.8 Å². The van der Waals surface area contributed by atoms with Gasteiger partial charge in [0.15, 0.2) is 0 Å². The van der Waals surface area contributed by atoms with Crippen LogP contribution in [-0.4, -0.2) is 18.8 Å². The van der Waals surface area contributed by atoms with E-state index >= 15 is 0 Å². The molecule has 0 unspecified atom stereocenters. The van der Waals surface area contributed by atoms with Gasteiger partial charge in [-0.2, -0.15) is 0 Å². The SMILES string of the molecule is Cc1cn2c3ccncc3c3cc(C(c4ccccc4)(c4ccccc4)c4cc5c(C)cn6c7ccncc7c(c4)c56)cc1c32. The minimum Gasteiger partial charge on any atom is -0.315 e. The molecule has 0 saturated carbocycles. The number of aromatic nitrogens is 4. The Kier molecular flexibility index (Phi) is 4.76. The van der Waals surface area contributed by atoms with Crippen molar-refractivity contribution in [1.82, 2.24) is 18.8 Å². The minimum atomic E-state index is -0.600. The van der Waals surface area contributed by atoms with E-state index in [1.54, 1.807) is 0 Å². The minimum absolute atomic E-state index is 0.600. The van der Waals surface area contributed by atoms with Gasteiger partial charge in [-0.15, -0.1) is 0 Å². The fourth-order valence-corrected chi connectivity index (χ4v) is 8.25. The van der Waals surface area contributed by atoms with Gasteiger partial charge in [0.1, 0.15) is 0 Å². The Labute approximate surface area is 259 Å². The Bertz CT molecular complexity index is 2530. The van der Waals surface area contributed by atoms with Gasteiger partial charge in [0, 0.05) is 69.5 Å². The molecule has 0 atom stereocenters. The highest BCUT2D eigenvalue weighted by Gasteiger charge is 2.40. The van der Waals surface area contributed by atoms with Crippen LogP contribution in [0.2, 0.25) is 0 Å². The molecule has 4 nitrogen and oxygen atoms in total. The molecule has 212 valence electrons. The van der Waals surface area contributed by atoms with E-state index in [9.17, 15) is 0 Å². The second-order valence-corrected chi connectivity index (χ2v) is 12.5. The van der Waals surface area contributed by atoms with Crippen LogP contribution in [0.25, 0.3) is 54.4 Å². The Morgan fingerprint density at radius 2 is 0.889 bits per heavy atom. The fraction of sp³-hybridized carbons (Fsp3) is 0.0732. The maximum absolute atomic E-state index is 4.56. The first-order chi connectivity index (χ1) is 22.1. The second-order valence-electron chi connectivity index (χ2n) is 12.5. The summed E-state index contributed by atoms with van der Waals surface area (Å²) in [7, 11) is 0. The van der Waals surface area contributed by atoms with Gasteiger partial charge in [-0.05, 0) is 83.6 Å². The van der Waals surface area contributed by atoms with Crippen LogP contribution in [0.5, 0.6) is 0 Å². The van der Waals surface area contributed by atoms with Gasteiger partial charge in [-0.3, -0.25) is 9.97 Å². The summed E-state index contributed by atoms with van der Waals surface area (Å²) in [5, 5.41) is 7.37. The van der Waals surface area contributed by atoms with Crippen LogP contribution < -0.4 is 0 Å². The standard InChI is InChI=1S/C41H28N4/c1-25-23-44-37-13-15-42-21-35(37)33-19-29(17-31(25)39(33)44)41(27-9-5-3-6-10-27,28-11-7-4-8-12-28)30-18-32-26(2)24-45-38-14-16-43-22-36(38)34(20-30)40(32)45/h3-24H,1-2H3. The zero-order valence-corrected chi connectivity index (χ0v) is 25.0. The lowest BCUT2D eigenvalue weighted by molar-refractivity contribution is 0.749. The Morgan fingerprint density at radius 1 is 0.467 bits per heavy atom. The van der Waals surface area contributed by atoms with Crippen LogP contribution in [0.3, 0.4) is 0 Å². The smallest absolute Gasteiger partial charge is 0.0702 e. The highest BCUT2D eigenvalue weighted by Crippen LogP contribution is 2.50. The average molecular weight is 577 g/mol. The molecule has 0 radical (unpaired) electrons. The van der Waals surface area contributed by atoms with Crippen molar-refractivity contribution in [3.8, 4) is 0 Å². The molecule has 6 aromatic heterocycles. The summed E-state index contributed by atoms with van der Waals surface area (Å²) in [5.74, 6) is 0. The third-order valence-electron chi connectivity index (χ3n) is 10.2. The molecular formula is C41H28N4. The van der Waals surface area contributed by atoms with Gasteiger partial charge < -0.3 is 8.80 Å². The van der Waals surface area contributed by atoms with Crippen LogP contribution in [0.4, 0.5) is 0 Å². The number of fused-ring (bicyclic) bond motifs is 6. The van der Waals surface area contributed by atoms with E-state index in [1.165, 1.54) is 87.8 Å². The number of hydrogen-bond acceptors (Lipinski definition) is 2. The van der Waals surface area contributed by atoms with Gasteiger partial charge in [0.2, 0.25) is 0 Å². The van der Waals surface area contributed by atoms with Crippen molar-refractivity contribution in [1.29, 1.82) is 0 Å². The summed E-state index contributed by atoms with van der Waals surface area (Å²) in [6.07, 6.45) is 12.4. The quantitative estimate of drug-likeness (QED) is 0.196. The predicted molar refractivity (Wildman–Crippen MR) is 184 cm³/mol. The van der Waals surface area contributed by atoms with Crippen LogP contribution in [-0.2, 0) is 5.41 Å². The van der Waals surface area contributed by atoms with Crippen molar-refractivity contribution < 1.29 is 0 Å². The molecule has 0 saturated heterocycles. The zero-order valence-electron chi connectivity index (χ0n) is 25.0. The van der Waals surface area contributed by atoms with E-state index in [4.69, 9.17) is 0 Å². The van der Waals surface area contributed by atoms with Crippen molar-refractivity contribution in [2.45, 2.75) is 19.3 Å². The van der Waals surface area contributed by atoms with Gasteiger partial charge in [0.25, 0.3) is 0 Å². The maximum atomic E-state index is 4.56. The molecule has 0 spiro atoms. The molecule has 0 bridgehead atoms. The maximum Gasteiger partial charge on any atom is 0.0702 e. The summed E-state index contributed by atoms with van der Waals surface area (Å²) < 4.78 is 4.69. The normalized spacial score (nSPS) is 12.7. The van der Waals surface area contributed by atoms with Crippen molar-refractivity contribution in [3.05, 3.63) is 168 Å². The van der Waals surface area contributed by atoms with E-state index in [-0.39, 0.29) is 0 Å². The molecule has 0 aliphatic carbocycles. The summed E-state index contributed by atoms with van der Waals surface area (Å²) in [4.78, 5) is 9.12. The Morgan fingerprint density at radius 3 is 1.33 bits per heavy atom. The number of nitrogens with zero attached hydrogens (tertiary/aromatic N) is 4. The monoisotopic (exact) mass is 576 g/mol. The lowest BCUT2D eigenvalue weighted by Gasteiger charge is -2.37. The zero-order chi connectivity index (χ0) is 29.9. The van der Waals surface area contributed by atoms with E-state index < -0.39 is 5.41 Å². The molecule has 0 N–H and O–H groups in total. The first-order valence-corrected chi connectivity index (χ1v) is 15.5. The number of pyridine rings is 2. The topological polar surface area (TPSA) is 34.6 Å². The number of benzene rings is 4. The van der Waals surface area contributed by atoms with Crippen molar-refractivity contribution >= 4 is 54.4 Å². The summed E-state index contributed by atoms with van der Waals surface area (Å²) in [6.45, 7) is 4.46. The molecule has 0 amide bonds. The van der Waals surface area contributed by atoms with Crippen molar-refractivity contribution in [2.24, 2.45) is 0 Å². The molecular weight excluding hydrogens is 548 g/mol. The van der Waals surface area contributed by atoms with Crippen molar-refractivity contribution in [3.63, 3.8) is 0 Å². The molecule has 0 fully saturated rings. The van der Waals surface area contributed by atoms with Gasteiger partial charge in [0.05, 0.1) is 27.5 Å². The molecule has 10 rings (SSSR count). The molecule has 4 aromatic carbocycles. The fourth-order valence-electron chi connectivity index (χ4n) is 8.25. The van der Waals surface area contributed by atoms with Crippen LogP contribution in [0.15, 0.2) is 134 Å². The van der Waals surface area contributed by atoms with Gasteiger partial charge in [-0.1, -0.05) is 60.7 Å². The number of rotatable bonds is 4. The molecule has 45 heavy (non-hydrogen) atoms. The van der Waals surface area contributed by atoms with Crippen molar-refractivity contribution in [2.75, 3.05) is 0 Å². The lowest BCUT2D eigenvalue weighted by Crippen LogP contribution is -2.31. The third kappa shape index (κ3) is 3.06. The highest BCUT2D eigenvalue weighted by molar-refractivity contribution is 6.17. The van der Waals surface area contributed by atoms with Crippen LogP contribution in [0.1, 0.15) is 33.4 Å². The summed E-state index contributed by atoms with van der Waals surface area (Å²) >= 11 is 0. The first-order valence-electron chi connectivity index (χ1n) is 15.5. The Hall–Kier alpha value is -5.74. The number of hydrogen-bond donors (Lipinski definition) is 0. The molecule has 0 aliphatic rings. The average Bonchev–Trinajstić information content (AvgIpc) is 3.80. The van der Waals surface area contributed by atoms with E-state index in [0.717, 1.165) is 0 Å². The summed E-state index contributed by atoms with van der Waals surface area (Å²) in [6, 6.07) is 36.1. The molecule has 4 heteroatoms. The molecule has 10 aromatic rings. The summed E-state index contributed by atoms with van der Waals surface area (Å²) in [5.41, 5.74) is 11.8. The third-order valence-corrected chi connectivity index (χ3v) is 10.2. The number of aryl methyl sites for hydroxylation is 2. The van der Waals surface area contributed by atoms with E-state index in [2.05, 4.69) is 142 Å².